The van der Waals surface area contributed by atoms with E-state index in [2.05, 4.69) is 13.8 Å². The van der Waals surface area contributed by atoms with Crippen LogP contribution in [0.1, 0.15) is 52.4 Å². The fourth-order valence-corrected chi connectivity index (χ4v) is 1.99. The lowest BCUT2D eigenvalue weighted by Gasteiger charge is -2.32. The van der Waals surface area contributed by atoms with Crippen LogP contribution in [0.25, 0.3) is 0 Å². The number of hydrogen-bond acceptors (Lipinski definition) is 0. The quantitative estimate of drug-likeness (QED) is 0.523. The maximum Gasteiger partial charge on any atom is -0.0409 e. The molecule has 0 aromatic rings. The summed E-state index contributed by atoms with van der Waals surface area (Å²) >= 11 is 0. The second-order valence-electron chi connectivity index (χ2n) is 3.94. The van der Waals surface area contributed by atoms with Crippen molar-refractivity contribution in [2.75, 3.05) is 0 Å². The van der Waals surface area contributed by atoms with Crippen LogP contribution in [0, 0.1) is 11.8 Å². The Morgan fingerprint density at radius 2 is 1.90 bits per heavy atom. The second-order valence-corrected chi connectivity index (χ2v) is 3.94. The Balaban J connectivity index is 1.86. The van der Waals surface area contributed by atoms with Gasteiger partial charge in [-0.15, -0.1) is 0 Å². The molecule has 0 aromatic heterocycles. The molecule has 1 saturated carbocycles. The highest BCUT2D eigenvalue weighted by Crippen LogP contribution is 2.36. The van der Waals surface area contributed by atoms with Crippen molar-refractivity contribution >= 4 is 0 Å². The number of hydrogen-bond donors (Lipinski definition) is 0. The van der Waals surface area contributed by atoms with Gasteiger partial charge in [-0.3, -0.25) is 0 Å². The molecule has 0 N–H and O–H groups in total. The molecule has 1 fully saturated rings. The summed E-state index contributed by atoms with van der Waals surface area (Å²) in [7, 11) is 0. The van der Waals surface area contributed by atoms with Crippen molar-refractivity contribution < 1.29 is 0 Å². The lowest BCUT2D eigenvalue weighted by Crippen LogP contribution is -2.20. The van der Waals surface area contributed by atoms with E-state index in [0.717, 1.165) is 11.8 Å². The second kappa shape index (κ2) is 4.00. The van der Waals surface area contributed by atoms with Gasteiger partial charge in [-0.05, 0) is 24.7 Å². The smallest absolute Gasteiger partial charge is 0.0409 e. The first-order chi connectivity index (χ1) is 4.83. The molecule has 10 heavy (non-hydrogen) atoms. The van der Waals surface area contributed by atoms with Crippen LogP contribution in [0.4, 0.5) is 0 Å². The minimum Gasteiger partial charge on any atom is -0.0654 e. The third kappa shape index (κ3) is 2.32. The zero-order valence-corrected chi connectivity index (χ0v) is 7.40. The van der Waals surface area contributed by atoms with Gasteiger partial charge in [0.1, 0.15) is 0 Å². The summed E-state index contributed by atoms with van der Waals surface area (Å²) in [6.07, 6.45) is 8.85. The van der Waals surface area contributed by atoms with Gasteiger partial charge in [-0.25, -0.2) is 0 Å². The normalized spacial score (nSPS) is 31.8. The Hall–Kier alpha value is 0. The standard InChI is InChI=1S/C10H20/c1-3-4-5-6-10-7-9(2)8-10/h9-10H,3-8H2,1-2H3. The molecule has 1 rings (SSSR count). The fraction of sp³-hybridized carbons (Fsp3) is 1.00. The van der Waals surface area contributed by atoms with Crippen molar-refractivity contribution in [1.29, 1.82) is 0 Å². The molecule has 1 aliphatic carbocycles. The summed E-state index contributed by atoms with van der Waals surface area (Å²) in [6.45, 7) is 4.65. The van der Waals surface area contributed by atoms with Crippen molar-refractivity contribution in [2.24, 2.45) is 11.8 Å². The summed E-state index contributed by atoms with van der Waals surface area (Å²) < 4.78 is 0. The summed E-state index contributed by atoms with van der Waals surface area (Å²) in [6, 6.07) is 0. The minimum atomic E-state index is 1.05. The van der Waals surface area contributed by atoms with Gasteiger partial charge in [-0.2, -0.15) is 0 Å². The largest absolute Gasteiger partial charge is 0.0654 e. The molecule has 1 aliphatic rings. The summed E-state index contributed by atoms with van der Waals surface area (Å²) in [5, 5.41) is 0. The predicted octanol–water partition coefficient (Wildman–Crippen LogP) is 3.61. The molecule has 0 heteroatoms. The molecular formula is C10H20. The summed E-state index contributed by atoms with van der Waals surface area (Å²) in [4.78, 5) is 0. The Morgan fingerprint density at radius 1 is 1.20 bits per heavy atom. The highest BCUT2D eigenvalue weighted by molar-refractivity contribution is 4.75. The van der Waals surface area contributed by atoms with Crippen molar-refractivity contribution in [2.45, 2.75) is 52.4 Å². The van der Waals surface area contributed by atoms with Crippen molar-refractivity contribution in [3.8, 4) is 0 Å². The van der Waals surface area contributed by atoms with Gasteiger partial charge < -0.3 is 0 Å². The lowest BCUT2D eigenvalue weighted by molar-refractivity contribution is 0.195. The number of rotatable bonds is 4. The summed E-state index contributed by atoms with van der Waals surface area (Å²) in [5.74, 6) is 2.16. The average Bonchev–Trinajstić information content (AvgIpc) is 1.85. The molecule has 0 aliphatic heterocycles. The van der Waals surface area contributed by atoms with E-state index in [1.165, 1.54) is 38.5 Å². The van der Waals surface area contributed by atoms with Gasteiger partial charge in [0.15, 0.2) is 0 Å². The molecular weight excluding hydrogens is 120 g/mol. The van der Waals surface area contributed by atoms with Crippen molar-refractivity contribution in [3.05, 3.63) is 0 Å². The van der Waals surface area contributed by atoms with Gasteiger partial charge in [0.05, 0.1) is 0 Å². The molecule has 0 amide bonds. The molecule has 0 unspecified atom stereocenters. The van der Waals surface area contributed by atoms with Crippen molar-refractivity contribution in [3.63, 3.8) is 0 Å². The molecule has 0 nitrogen and oxygen atoms in total. The van der Waals surface area contributed by atoms with E-state index in [0.29, 0.717) is 0 Å². The zero-order valence-electron chi connectivity index (χ0n) is 7.40. The van der Waals surface area contributed by atoms with Crippen LogP contribution in [0.3, 0.4) is 0 Å². The van der Waals surface area contributed by atoms with Gasteiger partial charge in [-0.1, -0.05) is 39.5 Å². The molecule has 0 aromatic carbocycles. The number of unbranched alkanes of at least 4 members (excludes halogenated alkanes) is 2. The summed E-state index contributed by atoms with van der Waals surface area (Å²) in [5.41, 5.74) is 0. The first kappa shape index (κ1) is 8.10. The molecule has 0 radical (unpaired) electrons. The Labute approximate surface area is 65.0 Å². The Morgan fingerprint density at radius 3 is 2.40 bits per heavy atom. The van der Waals surface area contributed by atoms with E-state index in [1.54, 1.807) is 0 Å². The Bertz CT molecular complexity index is 80.0. The molecule has 0 spiro atoms. The maximum atomic E-state index is 2.37. The first-order valence-electron chi connectivity index (χ1n) is 4.83. The van der Waals surface area contributed by atoms with E-state index in [9.17, 15) is 0 Å². The lowest BCUT2D eigenvalue weighted by atomic mass is 9.74. The average molecular weight is 140 g/mol. The van der Waals surface area contributed by atoms with Crippen LogP contribution >= 0.6 is 0 Å². The molecule has 0 heterocycles. The topological polar surface area (TPSA) is 0 Å². The third-order valence-corrected chi connectivity index (χ3v) is 2.69. The maximum absolute atomic E-state index is 2.37. The van der Waals surface area contributed by atoms with Crippen LogP contribution in [0.15, 0.2) is 0 Å². The Kier molecular flexibility index (Phi) is 3.24. The molecule has 0 saturated heterocycles. The van der Waals surface area contributed by atoms with E-state index in [1.807, 2.05) is 0 Å². The predicted molar refractivity (Wildman–Crippen MR) is 46.0 cm³/mol. The highest BCUT2D eigenvalue weighted by atomic mass is 14.3. The highest BCUT2D eigenvalue weighted by Gasteiger charge is 2.23. The van der Waals surface area contributed by atoms with Crippen LogP contribution in [-0.4, -0.2) is 0 Å². The monoisotopic (exact) mass is 140 g/mol. The zero-order chi connectivity index (χ0) is 7.40. The molecule has 0 bridgehead atoms. The van der Waals surface area contributed by atoms with Gasteiger partial charge in [0.2, 0.25) is 0 Å². The van der Waals surface area contributed by atoms with Crippen LogP contribution in [-0.2, 0) is 0 Å². The van der Waals surface area contributed by atoms with Gasteiger partial charge in [0, 0.05) is 0 Å². The van der Waals surface area contributed by atoms with E-state index in [4.69, 9.17) is 0 Å². The van der Waals surface area contributed by atoms with Crippen LogP contribution < -0.4 is 0 Å². The van der Waals surface area contributed by atoms with E-state index < -0.39 is 0 Å². The molecule has 0 atom stereocenters. The fourth-order valence-electron chi connectivity index (χ4n) is 1.99. The minimum absolute atomic E-state index is 1.05. The van der Waals surface area contributed by atoms with Crippen LogP contribution in [0.2, 0.25) is 0 Å². The first-order valence-corrected chi connectivity index (χ1v) is 4.83. The van der Waals surface area contributed by atoms with E-state index in [-0.39, 0.29) is 0 Å². The van der Waals surface area contributed by atoms with Gasteiger partial charge >= 0.3 is 0 Å². The van der Waals surface area contributed by atoms with Crippen LogP contribution in [0.5, 0.6) is 0 Å². The third-order valence-electron chi connectivity index (χ3n) is 2.69. The van der Waals surface area contributed by atoms with Crippen molar-refractivity contribution in [1.82, 2.24) is 0 Å². The van der Waals surface area contributed by atoms with E-state index >= 15 is 0 Å². The van der Waals surface area contributed by atoms with Gasteiger partial charge in [0.25, 0.3) is 0 Å². The molecule has 60 valence electrons. The SMILES string of the molecule is CCCCCC1CC(C)C1.